The first kappa shape index (κ1) is 19.7. The lowest BCUT2D eigenvalue weighted by Crippen LogP contribution is -2.17. The summed E-state index contributed by atoms with van der Waals surface area (Å²) in [6.07, 6.45) is 1.56. The average Bonchev–Trinajstić information content (AvgIpc) is 3.13. The zero-order valence-electron chi connectivity index (χ0n) is 13.8. The number of anilines is 1. The molecule has 0 aliphatic carbocycles. The van der Waals surface area contributed by atoms with Gasteiger partial charge in [-0.2, -0.15) is 5.10 Å². The van der Waals surface area contributed by atoms with Crippen LogP contribution in [-0.4, -0.2) is 26.7 Å². The van der Waals surface area contributed by atoms with Gasteiger partial charge in [-0.05, 0) is 23.8 Å². The Labute approximate surface area is 172 Å². The van der Waals surface area contributed by atoms with E-state index in [-0.39, 0.29) is 11.3 Å². The maximum Gasteiger partial charge on any atom is 0.357 e. The Balaban J connectivity index is 1.89. The van der Waals surface area contributed by atoms with Gasteiger partial charge in [0.2, 0.25) is 5.13 Å². The minimum absolute atomic E-state index is 0.117. The highest BCUT2D eigenvalue weighted by atomic mass is 35.5. The van der Waals surface area contributed by atoms with Crippen molar-refractivity contribution in [2.45, 2.75) is 0 Å². The third kappa shape index (κ3) is 4.28. The van der Waals surface area contributed by atoms with Crippen LogP contribution in [0, 0.1) is 10.1 Å². The number of rotatable bonds is 6. The number of hydrogen-bond acceptors (Lipinski definition) is 7. The number of thiazole rings is 1. The molecule has 3 aromatic rings. The maximum absolute atomic E-state index is 11.6. The second-order valence-corrected chi connectivity index (χ2v) is 7.16. The molecule has 0 aliphatic heterocycles. The van der Waals surface area contributed by atoms with Crippen LogP contribution in [0.4, 0.5) is 10.8 Å². The number of aliphatic carboxylic acids is 1. The normalized spacial score (nSPS) is 11.3. The zero-order chi connectivity index (χ0) is 20.3. The van der Waals surface area contributed by atoms with Crippen LogP contribution in [0.25, 0.3) is 10.4 Å². The molecule has 0 spiro atoms. The summed E-state index contributed by atoms with van der Waals surface area (Å²) in [5, 5.41) is 25.5. The van der Waals surface area contributed by atoms with E-state index in [1.807, 2.05) is 0 Å². The quantitative estimate of drug-likeness (QED) is 0.321. The molecule has 1 aromatic heterocycles. The molecule has 0 aliphatic rings. The smallest absolute Gasteiger partial charge is 0.357 e. The fourth-order valence-electron chi connectivity index (χ4n) is 2.27. The van der Waals surface area contributed by atoms with Gasteiger partial charge in [-0.1, -0.05) is 52.7 Å². The topological polar surface area (TPSA) is 118 Å². The number of halogens is 2. The Morgan fingerprint density at radius 1 is 1.21 bits per heavy atom. The molecule has 0 unspecified atom stereocenters. The van der Waals surface area contributed by atoms with E-state index in [0.717, 1.165) is 10.4 Å². The molecule has 0 fully saturated rings. The number of benzene rings is 2. The SMILES string of the molecule is O=C(O)/C(=N\Nc1ncc(-c2ccc(Cl)c(Cl)c2)s1)c1ccccc1[N+](=O)[O-]. The lowest BCUT2D eigenvalue weighted by molar-refractivity contribution is -0.385. The number of aromatic nitrogens is 1. The number of nitrogens with one attached hydrogen (secondary N) is 1. The predicted molar refractivity (Wildman–Crippen MR) is 108 cm³/mol. The highest BCUT2D eigenvalue weighted by Crippen LogP contribution is 2.33. The van der Waals surface area contributed by atoms with E-state index in [4.69, 9.17) is 23.2 Å². The molecule has 28 heavy (non-hydrogen) atoms. The van der Waals surface area contributed by atoms with E-state index in [9.17, 15) is 20.0 Å². The van der Waals surface area contributed by atoms with Crippen LogP contribution in [0.5, 0.6) is 0 Å². The van der Waals surface area contributed by atoms with Crippen LogP contribution in [0.3, 0.4) is 0 Å². The third-order valence-corrected chi connectivity index (χ3v) is 5.22. The number of hydrogen-bond donors (Lipinski definition) is 2. The lowest BCUT2D eigenvalue weighted by atomic mass is 10.1. The standard InChI is InChI=1S/C17H10Cl2N4O4S/c18-11-6-5-9(7-12(11)19)14-8-20-17(28-14)22-21-15(16(24)25)10-3-1-2-4-13(10)23(26)27/h1-8H,(H,20,22)(H,24,25)/b21-15-. The molecule has 0 amide bonds. The van der Waals surface area contributed by atoms with Crippen LogP contribution in [0.1, 0.15) is 5.56 Å². The first-order valence-corrected chi connectivity index (χ1v) is 9.16. The highest BCUT2D eigenvalue weighted by Gasteiger charge is 2.23. The first-order valence-electron chi connectivity index (χ1n) is 7.59. The van der Waals surface area contributed by atoms with Gasteiger partial charge in [0.1, 0.15) is 0 Å². The third-order valence-electron chi connectivity index (χ3n) is 3.53. The zero-order valence-corrected chi connectivity index (χ0v) is 16.1. The fraction of sp³-hybridized carbons (Fsp3) is 0. The minimum atomic E-state index is -1.41. The molecule has 8 nitrogen and oxygen atoms in total. The van der Waals surface area contributed by atoms with Crippen molar-refractivity contribution in [3.05, 3.63) is 74.4 Å². The molecule has 3 rings (SSSR count). The second-order valence-electron chi connectivity index (χ2n) is 5.31. The highest BCUT2D eigenvalue weighted by molar-refractivity contribution is 7.18. The molecular weight excluding hydrogens is 427 g/mol. The second kappa shape index (κ2) is 8.34. The van der Waals surface area contributed by atoms with Crippen molar-refractivity contribution >= 4 is 57.0 Å². The van der Waals surface area contributed by atoms with Crippen molar-refractivity contribution in [2.75, 3.05) is 5.43 Å². The van der Waals surface area contributed by atoms with E-state index in [1.165, 1.54) is 35.6 Å². The van der Waals surface area contributed by atoms with Crippen molar-refractivity contribution in [3.63, 3.8) is 0 Å². The van der Waals surface area contributed by atoms with Crippen molar-refractivity contribution in [1.82, 2.24) is 4.98 Å². The van der Waals surface area contributed by atoms with Gasteiger partial charge in [-0.25, -0.2) is 9.78 Å². The summed E-state index contributed by atoms with van der Waals surface area (Å²) in [4.78, 5) is 26.9. The Kier molecular flexibility index (Phi) is 5.88. The van der Waals surface area contributed by atoms with Gasteiger partial charge in [0, 0.05) is 12.3 Å². The number of carboxylic acid groups (broad SMARTS) is 1. The molecule has 0 bridgehead atoms. The van der Waals surface area contributed by atoms with Crippen molar-refractivity contribution in [2.24, 2.45) is 5.10 Å². The number of carbonyl (C=O) groups is 1. The summed E-state index contributed by atoms with van der Waals surface area (Å²) in [5.74, 6) is -1.41. The number of hydrazone groups is 1. The molecule has 1 heterocycles. The molecule has 142 valence electrons. The number of para-hydroxylation sites is 1. The van der Waals surface area contributed by atoms with Gasteiger partial charge in [-0.15, -0.1) is 0 Å². The van der Waals surface area contributed by atoms with E-state index < -0.39 is 16.6 Å². The Morgan fingerprint density at radius 2 is 1.96 bits per heavy atom. The molecule has 2 aromatic carbocycles. The predicted octanol–water partition coefficient (Wildman–Crippen LogP) is 4.93. The summed E-state index contributed by atoms with van der Waals surface area (Å²) in [6.45, 7) is 0. The number of nitro benzene ring substituents is 1. The molecule has 0 saturated carbocycles. The summed E-state index contributed by atoms with van der Waals surface area (Å²) in [5.41, 5.74) is 2.34. The van der Waals surface area contributed by atoms with E-state index in [2.05, 4.69) is 15.5 Å². The maximum atomic E-state index is 11.6. The molecule has 11 heteroatoms. The number of carboxylic acids is 1. The Hall–Kier alpha value is -3.01. The van der Waals surface area contributed by atoms with Gasteiger partial charge in [0.25, 0.3) is 5.69 Å². The Morgan fingerprint density at radius 3 is 2.64 bits per heavy atom. The van der Waals surface area contributed by atoms with E-state index in [0.29, 0.717) is 15.2 Å². The summed E-state index contributed by atoms with van der Waals surface area (Å²) in [7, 11) is 0. The van der Waals surface area contributed by atoms with Crippen LogP contribution in [0.15, 0.2) is 53.8 Å². The Bertz CT molecular complexity index is 1100. The molecular formula is C17H10Cl2N4O4S. The largest absolute Gasteiger partial charge is 0.476 e. The van der Waals surface area contributed by atoms with Crippen LogP contribution in [-0.2, 0) is 4.79 Å². The van der Waals surface area contributed by atoms with Gasteiger partial charge >= 0.3 is 5.97 Å². The number of nitrogens with zero attached hydrogens (tertiary/aromatic N) is 3. The summed E-state index contributed by atoms with van der Waals surface area (Å²) in [6, 6.07) is 10.6. The molecule has 0 atom stereocenters. The summed E-state index contributed by atoms with van der Waals surface area (Å²) < 4.78 is 0. The van der Waals surface area contributed by atoms with Crippen molar-refractivity contribution in [3.8, 4) is 10.4 Å². The van der Waals surface area contributed by atoms with Gasteiger partial charge < -0.3 is 5.11 Å². The monoisotopic (exact) mass is 436 g/mol. The lowest BCUT2D eigenvalue weighted by Gasteiger charge is -2.03. The van der Waals surface area contributed by atoms with Crippen LogP contribution in [0.2, 0.25) is 10.0 Å². The van der Waals surface area contributed by atoms with E-state index in [1.54, 1.807) is 24.4 Å². The molecule has 0 radical (unpaired) electrons. The molecule has 0 saturated heterocycles. The van der Waals surface area contributed by atoms with Crippen LogP contribution >= 0.6 is 34.5 Å². The summed E-state index contributed by atoms with van der Waals surface area (Å²) >= 11 is 13.1. The van der Waals surface area contributed by atoms with Gasteiger partial charge in [-0.3, -0.25) is 15.5 Å². The number of nitro groups is 1. The minimum Gasteiger partial charge on any atom is -0.476 e. The van der Waals surface area contributed by atoms with Crippen molar-refractivity contribution in [1.29, 1.82) is 0 Å². The van der Waals surface area contributed by atoms with E-state index >= 15 is 0 Å². The van der Waals surface area contributed by atoms with Gasteiger partial charge in [0.15, 0.2) is 5.71 Å². The van der Waals surface area contributed by atoms with Gasteiger partial charge in [0.05, 0.1) is 25.4 Å². The van der Waals surface area contributed by atoms with Crippen LogP contribution < -0.4 is 5.43 Å². The molecule has 2 N–H and O–H groups in total. The first-order chi connectivity index (χ1) is 13.4. The average molecular weight is 437 g/mol. The fourth-order valence-corrected chi connectivity index (χ4v) is 3.32. The van der Waals surface area contributed by atoms with Crippen molar-refractivity contribution < 1.29 is 14.8 Å².